The van der Waals surface area contributed by atoms with Crippen molar-refractivity contribution in [2.24, 2.45) is 0 Å². The zero-order chi connectivity index (χ0) is 23.5. The number of pyridine rings is 1. The lowest BCUT2D eigenvalue weighted by Crippen LogP contribution is -2.55. The number of likely N-dealkylation sites (tertiary alicyclic amines) is 2. The van der Waals surface area contributed by atoms with Crippen molar-refractivity contribution in [2.45, 2.75) is 74.7 Å². The summed E-state index contributed by atoms with van der Waals surface area (Å²) in [6.07, 6.45) is 6.84. The van der Waals surface area contributed by atoms with Crippen molar-refractivity contribution in [1.29, 1.82) is 0 Å². The molecular formula is C24H31F2N7O. The quantitative estimate of drug-likeness (QED) is 0.663. The number of urea groups is 1. The Morgan fingerprint density at radius 3 is 2.41 bits per heavy atom. The third kappa shape index (κ3) is 4.01. The molecule has 2 aromatic rings. The number of halogens is 2. The van der Waals surface area contributed by atoms with Gasteiger partial charge in [0, 0.05) is 57.1 Å². The topological polar surface area (TPSA) is 90.0 Å². The van der Waals surface area contributed by atoms with Crippen LogP contribution in [-0.4, -0.2) is 73.6 Å². The summed E-state index contributed by atoms with van der Waals surface area (Å²) in [6, 6.07) is 3.80. The SMILES string of the molecule is CC(F)(F)C1(Nc2ccc(C3CN(C(=O)N4CCC(c5nc(C6CC6)n[nH]5)CC4)C3)cn2)CC1. The Balaban J connectivity index is 0.976. The minimum atomic E-state index is -2.77. The monoisotopic (exact) mass is 471 g/mol. The molecule has 0 aromatic carbocycles. The fourth-order valence-corrected chi connectivity index (χ4v) is 5.15. The van der Waals surface area contributed by atoms with Crippen molar-refractivity contribution < 1.29 is 13.6 Å². The molecular weight excluding hydrogens is 440 g/mol. The molecule has 2 aromatic heterocycles. The molecule has 2 saturated carbocycles. The van der Waals surface area contributed by atoms with Crippen molar-refractivity contribution in [1.82, 2.24) is 30.0 Å². The molecule has 6 rings (SSSR count). The number of nitrogens with one attached hydrogen (secondary N) is 2. The Labute approximate surface area is 197 Å². The highest BCUT2D eigenvalue weighted by Gasteiger charge is 2.59. The van der Waals surface area contributed by atoms with Crippen LogP contribution in [0.3, 0.4) is 0 Å². The predicted molar refractivity (Wildman–Crippen MR) is 122 cm³/mol. The molecule has 2 saturated heterocycles. The molecule has 8 nitrogen and oxygen atoms in total. The van der Waals surface area contributed by atoms with Gasteiger partial charge in [0.1, 0.15) is 17.2 Å². The Hall–Kier alpha value is -2.78. The maximum absolute atomic E-state index is 13.8. The van der Waals surface area contributed by atoms with Crippen LogP contribution in [0.2, 0.25) is 0 Å². The second-order valence-corrected chi connectivity index (χ2v) is 10.6. The van der Waals surface area contributed by atoms with Gasteiger partial charge in [-0.1, -0.05) is 6.07 Å². The molecule has 2 aliphatic carbocycles. The van der Waals surface area contributed by atoms with E-state index in [0.29, 0.717) is 43.6 Å². The molecule has 0 bridgehead atoms. The second kappa shape index (κ2) is 7.88. The van der Waals surface area contributed by atoms with E-state index in [1.165, 1.54) is 12.8 Å². The molecule has 0 spiro atoms. The third-order valence-electron chi connectivity index (χ3n) is 7.98. The van der Waals surface area contributed by atoms with Crippen LogP contribution in [0.4, 0.5) is 19.4 Å². The third-order valence-corrected chi connectivity index (χ3v) is 7.98. The van der Waals surface area contributed by atoms with E-state index in [2.05, 4.69) is 25.5 Å². The van der Waals surface area contributed by atoms with E-state index >= 15 is 0 Å². The maximum atomic E-state index is 13.8. The summed E-state index contributed by atoms with van der Waals surface area (Å²) in [4.78, 5) is 25.8. The standard InChI is InChI=1S/C24H31F2N7O/c1-23(25,26)24(8-9-24)29-19-5-4-17(12-27-19)18-13-33(14-18)22(34)32-10-6-16(7-11-32)21-28-20(30-31-21)15-2-3-15/h4-5,12,15-16,18H,2-3,6-11,13-14H2,1H3,(H,27,29)(H,28,30,31). The molecule has 0 unspecified atom stereocenters. The second-order valence-electron chi connectivity index (χ2n) is 10.6. The fraction of sp³-hybridized carbons (Fsp3) is 0.667. The zero-order valence-electron chi connectivity index (χ0n) is 19.4. The fourth-order valence-electron chi connectivity index (χ4n) is 5.15. The Bertz CT molecular complexity index is 1040. The summed E-state index contributed by atoms with van der Waals surface area (Å²) in [6.45, 7) is 3.75. The minimum absolute atomic E-state index is 0.0954. The first-order valence-electron chi connectivity index (χ1n) is 12.4. The largest absolute Gasteiger partial charge is 0.359 e. The molecule has 0 atom stereocenters. The van der Waals surface area contributed by atoms with Gasteiger partial charge in [-0.2, -0.15) is 5.10 Å². The van der Waals surface area contributed by atoms with Crippen molar-refractivity contribution >= 4 is 11.8 Å². The molecule has 2 aliphatic heterocycles. The molecule has 182 valence electrons. The molecule has 34 heavy (non-hydrogen) atoms. The van der Waals surface area contributed by atoms with Gasteiger partial charge >= 0.3 is 6.03 Å². The summed E-state index contributed by atoms with van der Waals surface area (Å²) in [5.74, 6) is 0.755. The number of alkyl halides is 2. The number of carbonyl (C=O) groups excluding carboxylic acids is 1. The summed E-state index contributed by atoms with van der Waals surface area (Å²) in [7, 11) is 0. The van der Waals surface area contributed by atoms with Crippen LogP contribution in [0.1, 0.15) is 80.4 Å². The van der Waals surface area contributed by atoms with Crippen LogP contribution in [0.15, 0.2) is 18.3 Å². The zero-order valence-corrected chi connectivity index (χ0v) is 19.4. The number of amides is 2. The average molecular weight is 472 g/mol. The van der Waals surface area contributed by atoms with E-state index in [9.17, 15) is 13.6 Å². The Morgan fingerprint density at radius 2 is 1.82 bits per heavy atom. The molecule has 4 aliphatic rings. The summed E-state index contributed by atoms with van der Waals surface area (Å²) in [5.41, 5.74) is -0.111. The van der Waals surface area contributed by atoms with Crippen molar-refractivity contribution in [3.05, 3.63) is 35.5 Å². The number of piperidine rings is 1. The van der Waals surface area contributed by atoms with Gasteiger partial charge in [0.25, 0.3) is 5.92 Å². The number of nitrogens with zero attached hydrogens (tertiary/aromatic N) is 5. The van der Waals surface area contributed by atoms with E-state index in [-0.39, 0.29) is 11.9 Å². The van der Waals surface area contributed by atoms with E-state index in [4.69, 9.17) is 0 Å². The highest BCUT2D eigenvalue weighted by Crippen LogP contribution is 2.50. The maximum Gasteiger partial charge on any atom is 0.320 e. The van der Waals surface area contributed by atoms with Crippen LogP contribution < -0.4 is 5.32 Å². The number of aromatic nitrogens is 4. The van der Waals surface area contributed by atoms with Crippen LogP contribution in [0.25, 0.3) is 0 Å². The van der Waals surface area contributed by atoms with Crippen molar-refractivity contribution in [3.8, 4) is 0 Å². The van der Waals surface area contributed by atoms with Crippen LogP contribution >= 0.6 is 0 Å². The molecule has 2 N–H and O–H groups in total. The van der Waals surface area contributed by atoms with Crippen LogP contribution in [-0.2, 0) is 0 Å². The van der Waals surface area contributed by atoms with E-state index in [1.807, 2.05) is 15.9 Å². The molecule has 10 heteroatoms. The lowest BCUT2D eigenvalue weighted by Gasteiger charge is -2.43. The molecule has 4 fully saturated rings. The normalized spacial score (nSPS) is 23.0. The van der Waals surface area contributed by atoms with Crippen molar-refractivity contribution in [3.63, 3.8) is 0 Å². The number of rotatable bonds is 6. The van der Waals surface area contributed by atoms with Crippen molar-refractivity contribution in [2.75, 3.05) is 31.5 Å². The highest BCUT2D eigenvalue weighted by molar-refractivity contribution is 5.75. The van der Waals surface area contributed by atoms with Gasteiger partial charge in [0.2, 0.25) is 0 Å². The molecule has 2 amide bonds. The first-order valence-corrected chi connectivity index (χ1v) is 12.4. The predicted octanol–water partition coefficient (Wildman–Crippen LogP) is 4.08. The van der Waals surface area contributed by atoms with E-state index in [0.717, 1.165) is 50.1 Å². The Morgan fingerprint density at radius 1 is 1.09 bits per heavy atom. The van der Waals surface area contributed by atoms with Gasteiger partial charge in [-0.05, 0) is 50.2 Å². The summed E-state index contributed by atoms with van der Waals surface area (Å²) < 4.78 is 27.6. The smallest absolute Gasteiger partial charge is 0.320 e. The lowest BCUT2D eigenvalue weighted by atomic mass is 9.92. The average Bonchev–Trinajstić information content (AvgIpc) is 3.73. The van der Waals surface area contributed by atoms with Gasteiger partial charge < -0.3 is 15.1 Å². The lowest BCUT2D eigenvalue weighted by molar-refractivity contribution is -0.00856. The summed E-state index contributed by atoms with van der Waals surface area (Å²) >= 11 is 0. The highest BCUT2D eigenvalue weighted by atomic mass is 19.3. The van der Waals surface area contributed by atoms with Gasteiger partial charge in [0.15, 0.2) is 5.82 Å². The first-order chi connectivity index (χ1) is 16.3. The van der Waals surface area contributed by atoms with Gasteiger partial charge in [-0.15, -0.1) is 0 Å². The number of anilines is 1. The molecule has 4 heterocycles. The van der Waals surface area contributed by atoms with E-state index < -0.39 is 11.5 Å². The van der Waals surface area contributed by atoms with E-state index in [1.54, 1.807) is 12.3 Å². The number of hydrogen-bond acceptors (Lipinski definition) is 5. The van der Waals surface area contributed by atoms with Crippen LogP contribution in [0, 0.1) is 0 Å². The van der Waals surface area contributed by atoms with Gasteiger partial charge in [0.05, 0.1) is 0 Å². The minimum Gasteiger partial charge on any atom is -0.359 e. The Kier molecular flexibility index (Phi) is 5.04. The van der Waals surface area contributed by atoms with Gasteiger partial charge in [-0.25, -0.2) is 23.5 Å². The van der Waals surface area contributed by atoms with Crippen LogP contribution in [0.5, 0.6) is 0 Å². The molecule has 0 radical (unpaired) electrons. The number of carbonyl (C=O) groups is 1. The van der Waals surface area contributed by atoms with Gasteiger partial charge in [-0.3, -0.25) is 5.10 Å². The number of hydrogen-bond donors (Lipinski definition) is 2. The number of aromatic amines is 1. The number of H-pyrrole nitrogens is 1. The first kappa shape index (κ1) is 21.7. The summed E-state index contributed by atoms with van der Waals surface area (Å²) in [5, 5.41) is 10.4.